The number of hydrogen-bond acceptors (Lipinski definition) is 5. The maximum atomic E-state index is 12.6. The van der Waals surface area contributed by atoms with Crippen LogP contribution in [0.1, 0.15) is 37.5 Å². The molecule has 2 aromatic rings. The van der Waals surface area contributed by atoms with Gasteiger partial charge in [0.15, 0.2) is 11.6 Å². The van der Waals surface area contributed by atoms with Crippen LogP contribution in [-0.4, -0.2) is 45.7 Å². The van der Waals surface area contributed by atoms with Gasteiger partial charge < -0.3 is 19.9 Å². The number of nitrogens with two attached hydrogens (primary N) is 1. The van der Waals surface area contributed by atoms with E-state index in [2.05, 4.69) is 32.3 Å². The first-order chi connectivity index (χ1) is 13.0. The quantitative estimate of drug-likeness (QED) is 0.840. The molecule has 3 atom stereocenters. The van der Waals surface area contributed by atoms with Crippen LogP contribution >= 0.6 is 0 Å². The fourth-order valence-corrected chi connectivity index (χ4v) is 4.47. The smallest absolute Gasteiger partial charge is 0.387 e. The number of fused-ring (bicyclic) bond motifs is 1. The Labute approximate surface area is 156 Å². The van der Waals surface area contributed by atoms with E-state index in [1.165, 1.54) is 18.9 Å². The van der Waals surface area contributed by atoms with Gasteiger partial charge in [-0.3, -0.25) is 0 Å². The van der Waals surface area contributed by atoms with Crippen LogP contribution in [0.25, 0.3) is 11.3 Å². The third-order valence-electron chi connectivity index (χ3n) is 6.09. The molecule has 0 amide bonds. The maximum Gasteiger partial charge on any atom is 0.387 e. The first kappa shape index (κ1) is 16.9. The van der Waals surface area contributed by atoms with Gasteiger partial charge in [0, 0.05) is 43.0 Å². The lowest BCUT2D eigenvalue weighted by atomic mass is 10.2. The number of nitrogen functional groups attached to an aromatic ring is 1. The van der Waals surface area contributed by atoms with E-state index in [1.54, 1.807) is 6.20 Å². The predicted molar refractivity (Wildman–Crippen MR) is 96.6 cm³/mol. The number of imidazole rings is 1. The fourth-order valence-electron chi connectivity index (χ4n) is 4.47. The van der Waals surface area contributed by atoms with Crippen molar-refractivity contribution < 1.29 is 13.5 Å². The molecule has 1 saturated heterocycles. The van der Waals surface area contributed by atoms with Crippen LogP contribution in [0.4, 0.5) is 14.6 Å². The molecule has 1 unspecified atom stereocenters. The Morgan fingerprint density at radius 2 is 2.04 bits per heavy atom. The molecule has 144 valence electrons. The number of hydrogen-bond donors (Lipinski definition) is 1. The average Bonchev–Trinajstić information content (AvgIpc) is 3.51. The van der Waals surface area contributed by atoms with E-state index < -0.39 is 6.61 Å². The molecule has 0 spiro atoms. The highest BCUT2D eigenvalue weighted by Crippen LogP contribution is 2.57. The van der Waals surface area contributed by atoms with Crippen molar-refractivity contribution in [2.45, 2.75) is 38.3 Å². The first-order valence-electron chi connectivity index (χ1n) is 9.57. The van der Waals surface area contributed by atoms with E-state index in [1.807, 2.05) is 0 Å². The number of rotatable bonds is 6. The Hall–Kier alpha value is -2.22. The number of piperidine rings is 1. The van der Waals surface area contributed by atoms with Crippen LogP contribution in [0.3, 0.4) is 0 Å². The molecule has 0 bridgehead atoms. The highest BCUT2D eigenvalue weighted by Gasteiger charge is 2.57. The summed E-state index contributed by atoms with van der Waals surface area (Å²) in [6.07, 6.45) is 5.97. The van der Waals surface area contributed by atoms with Crippen LogP contribution in [0, 0.1) is 11.8 Å². The largest absolute Gasteiger partial charge is 0.431 e. The summed E-state index contributed by atoms with van der Waals surface area (Å²) < 4.78 is 32.0. The molecule has 0 radical (unpaired) electrons. The molecule has 2 aromatic heterocycles. The van der Waals surface area contributed by atoms with Crippen LogP contribution in [0.15, 0.2) is 18.5 Å². The Morgan fingerprint density at radius 3 is 2.67 bits per heavy atom. The summed E-state index contributed by atoms with van der Waals surface area (Å²) in [6.45, 7) is 2.68. The summed E-state index contributed by atoms with van der Waals surface area (Å²) in [7, 11) is 0. The number of ether oxygens (including phenoxy) is 1. The minimum Gasteiger partial charge on any atom is -0.431 e. The molecule has 2 saturated carbocycles. The second-order valence-corrected chi connectivity index (χ2v) is 7.82. The van der Waals surface area contributed by atoms with Crippen molar-refractivity contribution in [2.75, 3.05) is 25.4 Å². The third-order valence-corrected chi connectivity index (χ3v) is 6.09. The molecular weight excluding hydrogens is 352 g/mol. The standard InChI is InChI=1S/C19H23F2N5O/c1-2-25-7-12-13(8-25)16(12)26-9-14(24-18(26)10-3-4-10)11-5-15(27-19(20)21)17(22)23-6-11/h5-6,9-10,12-13,16,19H,2-4,7-8H2,1H3,(H2,22,23)/t12-,13+,16?. The van der Waals surface area contributed by atoms with Gasteiger partial charge in [-0.1, -0.05) is 6.92 Å². The summed E-state index contributed by atoms with van der Waals surface area (Å²) in [4.78, 5) is 11.4. The third kappa shape index (κ3) is 2.96. The highest BCUT2D eigenvalue weighted by atomic mass is 19.3. The number of alkyl halides is 2. The number of halogens is 2. The SMILES string of the molecule is CCN1C[C@@H]2C(n3cc(-c4cnc(N)c(OC(F)F)c4)nc3C3CC3)[C@@H]2C1. The number of pyridine rings is 1. The van der Waals surface area contributed by atoms with Crippen molar-refractivity contribution in [1.82, 2.24) is 19.4 Å². The van der Waals surface area contributed by atoms with Crippen molar-refractivity contribution >= 4 is 5.82 Å². The molecule has 3 heterocycles. The molecule has 0 aromatic carbocycles. The maximum absolute atomic E-state index is 12.6. The normalized spacial score (nSPS) is 27.2. The zero-order valence-electron chi connectivity index (χ0n) is 15.2. The second-order valence-electron chi connectivity index (χ2n) is 7.82. The van der Waals surface area contributed by atoms with Crippen molar-refractivity contribution in [3.05, 3.63) is 24.3 Å². The lowest BCUT2D eigenvalue weighted by molar-refractivity contribution is -0.0494. The van der Waals surface area contributed by atoms with Gasteiger partial charge in [0.25, 0.3) is 0 Å². The average molecular weight is 375 g/mol. The molecule has 1 aliphatic heterocycles. The second kappa shape index (κ2) is 6.15. The molecular formula is C19H23F2N5O. The Bertz CT molecular complexity index is 854. The zero-order chi connectivity index (χ0) is 18.7. The lowest BCUT2D eigenvalue weighted by Gasteiger charge is -2.18. The Morgan fingerprint density at radius 1 is 1.30 bits per heavy atom. The summed E-state index contributed by atoms with van der Waals surface area (Å²) in [5.41, 5.74) is 7.06. The summed E-state index contributed by atoms with van der Waals surface area (Å²) in [5, 5.41) is 0. The summed E-state index contributed by atoms with van der Waals surface area (Å²) >= 11 is 0. The summed E-state index contributed by atoms with van der Waals surface area (Å²) in [5.74, 6) is 2.89. The Kier molecular flexibility index (Phi) is 3.86. The van der Waals surface area contributed by atoms with Gasteiger partial charge in [0.05, 0.1) is 5.69 Å². The van der Waals surface area contributed by atoms with Crippen LogP contribution in [0.5, 0.6) is 5.75 Å². The molecule has 2 N–H and O–H groups in total. The van der Waals surface area contributed by atoms with Crippen LogP contribution in [-0.2, 0) is 0 Å². The first-order valence-corrected chi connectivity index (χ1v) is 9.57. The molecule has 2 aliphatic carbocycles. The molecule has 8 heteroatoms. The van der Waals surface area contributed by atoms with E-state index in [9.17, 15) is 8.78 Å². The van der Waals surface area contributed by atoms with E-state index in [4.69, 9.17) is 10.7 Å². The molecule has 3 fully saturated rings. The predicted octanol–water partition coefficient (Wildman–Crippen LogP) is 3.13. The van der Waals surface area contributed by atoms with E-state index >= 15 is 0 Å². The van der Waals surface area contributed by atoms with Crippen molar-refractivity contribution in [2.24, 2.45) is 11.8 Å². The minimum atomic E-state index is -2.93. The number of likely N-dealkylation sites (tertiary alicyclic amines) is 1. The molecule has 6 nitrogen and oxygen atoms in total. The van der Waals surface area contributed by atoms with E-state index in [0.29, 0.717) is 29.4 Å². The van der Waals surface area contributed by atoms with Crippen molar-refractivity contribution in [3.8, 4) is 17.0 Å². The fraction of sp³-hybridized carbons (Fsp3) is 0.579. The van der Waals surface area contributed by atoms with E-state index in [-0.39, 0.29) is 11.6 Å². The molecule has 3 aliphatic rings. The minimum absolute atomic E-state index is 0.0442. The number of anilines is 1. The topological polar surface area (TPSA) is 69.2 Å². The Balaban J connectivity index is 1.45. The van der Waals surface area contributed by atoms with Gasteiger partial charge in [0.2, 0.25) is 0 Å². The van der Waals surface area contributed by atoms with Gasteiger partial charge in [-0.2, -0.15) is 8.78 Å². The van der Waals surface area contributed by atoms with Gasteiger partial charge in [-0.15, -0.1) is 0 Å². The van der Waals surface area contributed by atoms with Gasteiger partial charge in [-0.25, -0.2) is 9.97 Å². The van der Waals surface area contributed by atoms with Crippen molar-refractivity contribution in [1.29, 1.82) is 0 Å². The van der Waals surface area contributed by atoms with Crippen molar-refractivity contribution in [3.63, 3.8) is 0 Å². The number of aromatic nitrogens is 3. The van der Waals surface area contributed by atoms with Gasteiger partial charge >= 0.3 is 6.61 Å². The lowest BCUT2D eigenvalue weighted by Crippen LogP contribution is -2.24. The number of nitrogens with zero attached hydrogens (tertiary/aromatic N) is 4. The highest BCUT2D eigenvalue weighted by molar-refractivity contribution is 5.64. The zero-order valence-corrected chi connectivity index (χ0v) is 15.2. The molecule has 27 heavy (non-hydrogen) atoms. The van der Waals surface area contributed by atoms with Crippen LogP contribution < -0.4 is 10.5 Å². The monoisotopic (exact) mass is 375 g/mol. The molecule has 5 rings (SSSR count). The summed E-state index contributed by atoms with van der Waals surface area (Å²) in [6, 6.07) is 2.02. The van der Waals surface area contributed by atoms with Gasteiger partial charge in [0.1, 0.15) is 5.82 Å². The van der Waals surface area contributed by atoms with Gasteiger partial charge in [-0.05, 0) is 37.3 Å². The van der Waals surface area contributed by atoms with E-state index in [0.717, 1.165) is 31.2 Å². The van der Waals surface area contributed by atoms with Crippen LogP contribution in [0.2, 0.25) is 0 Å².